The van der Waals surface area contributed by atoms with Crippen LogP contribution < -0.4 is 20.7 Å². The van der Waals surface area contributed by atoms with Crippen molar-refractivity contribution in [2.75, 3.05) is 6.54 Å². The maximum Gasteiger partial charge on any atom is 0.416 e. The Kier molecular flexibility index (Phi) is 8.43. The molecule has 6 nitrogen and oxygen atoms in total. The Balaban J connectivity index is 0.00000408. The molecule has 186 valence electrons. The summed E-state index contributed by atoms with van der Waals surface area (Å²) in [5.41, 5.74) is -2.57. The van der Waals surface area contributed by atoms with E-state index < -0.39 is 54.1 Å². The molecule has 2 aromatic rings. The smallest absolute Gasteiger partial charge is 0.416 e. The fourth-order valence-electron chi connectivity index (χ4n) is 3.24. The van der Waals surface area contributed by atoms with Gasteiger partial charge in [-0.1, -0.05) is 18.2 Å². The van der Waals surface area contributed by atoms with Crippen LogP contribution in [0.4, 0.5) is 31.1 Å². The summed E-state index contributed by atoms with van der Waals surface area (Å²) < 4.78 is 83.9. The number of halogens is 7. The Morgan fingerprint density at radius 3 is 2.12 bits per heavy atom. The first kappa shape index (κ1) is 27.3. The van der Waals surface area contributed by atoms with Crippen LogP contribution in [0, 0.1) is 0 Å². The number of urea groups is 1. The Hall–Kier alpha value is -2.99. The standard InChI is InChI=1S/C21H19F6N3O3.ClH/c1-11(28-9-16-18(31)30-19(32)29-16)15-4-2-3-5-17(15)33-10-12-6-13(20(22,23)24)8-14(7-12)21(25,26)27;/h2-8,11,16,28H,9-10H2,1H3,(H2,29,30,31,32);1H. The zero-order valence-electron chi connectivity index (χ0n) is 17.5. The Morgan fingerprint density at radius 1 is 1.00 bits per heavy atom. The maximum atomic E-state index is 13.1. The highest BCUT2D eigenvalue weighted by Crippen LogP contribution is 2.36. The number of benzene rings is 2. The topological polar surface area (TPSA) is 79.5 Å². The van der Waals surface area contributed by atoms with Crippen LogP contribution in [0.3, 0.4) is 0 Å². The van der Waals surface area contributed by atoms with E-state index in [1.807, 2.05) is 0 Å². The van der Waals surface area contributed by atoms with Gasteiger partial charge in [0.15, 0.2) is 0 Å². The van der Waals surface area contributed by atoms with Crippen LogP contribution in [-0.2, 0) is 23.8 Å². The molecule has 1 aliphatic rings. The highest BCUT2D eigenvalue weighted by Gasteiger charge is 2.37. The molecule has 1 heterocycles. The fourth-order valence-corrected chi connectivity index (χ4v) is 3.24. The van der Waals surface area contributed by atoms with Gasteiger partial charge in [-0.05, 0) is 36.8 Å². The molecule has 0 spiro atoms. The van der Waals surface area contributed by atoms with Crippen LogP contribution >= 0.6 is 12.4 Å². The normalized spacial score (nSPS) is 17.0. The summed E-state index contributed by atoms with van der Waals surface area (Å²) in [4.78, 5) is 22.8. The first-order valence-electron chi connectivity index (χ1n) is 9.69. The van der Waals surface area contributed by atoms with Gasteiger partial charge in [0.05, 0.1) is 11.1 Å². The minimum Gasteiger partial charge on any atom is -0.489 e. The lowest BCUT2D eigenvalue weighted by Gasteiger charge is -2.20. The number of hydrogen-bond donors (Lipinski definition) is 3. The van der Waals surface area contributed by atoms with Gasteiger partial charge in [-0.15, -0.1) is 12.4 Å². The second-order valence-electron chi connectivity index (χ2n) is 7.39. The monoisotopic (exact) mass is 511 g/mol. The van der Waals surface area contributed by atoms with Gasteiger partial charge in [0.2, 0.25) is 0 Å². The van der Waals surface area contributed by atoms with Crippen molar-refractivity contribution in [2.24, 2.45) is 0 Å². The van der Waals surface area contributed by atoms with Crippen LogP contribution in [0.2, 0.25) is 0 Å². The van der Waals surface area contributed by atoms with Crippen LogP contribution in [0.1, 0.15) is 35.2 Å². The third-order valence-electron chi connectivity index (χ3n) is 4.91. The van der Waals surface area contributed by atoms with Gasteiger partial charge in [0, 0.05) is 18.2 Å². The molecule has 2 atom stereocenters. The number of hydrogen-bond acceptors (Lipinski definition) is 4. The van der Waals surface area contributed by atoms with Crippen molar-refractivity contribution in [1.29, 1.82) is 0 Å². The summed E-state index contributed by atoms with van der Waals surface area (Å²) in [5.74, 6) is -0.252. The highest BCUT2D eigenvalue weighted by molar-refractivity contribution is 6.04. The lowest BCUT2D eigenvalue weighted by atomic mass is 10.0. The molecule has 0 aromatic heterocycles. The molecule has 0 aliphatic carbocycles. The number of imide groups is 1. The van der Waals surface area contributed by atoms with E-state index in [1.54, 1.807) is 25.1 Å². The van der Waals surface area contributed by atoms with Crippen molar-refractivity contribution >= 4 is 24.3 Å². The molecule has 34 heavy (non-hydrogen) atoms. The molecule has 0 saturated carbocycles. The zero-order chi connectivity index (χ0) is 24.4. The molecule has 3 amide bonds. The molecular weight excluding hydrogens is 492 g/mol. The summed E-state index contributed by atoms with van der Waals surface area (Å²) in [6, 6.07) is 5.94. The lowest BCUT2D eigenvalue weighted by molar-refractivity contribution is -0.143. The summed E-state index contributed by atoms with van der Waals surface area (Å²) in [6.07, 6.45) is -9.90. The quantitative estimate of drug-likeness (QED) is 0.375. The maximum absolute atomic E-state index is 13.1. The molecule has 0 radical (unpaired) electrons. The largest absolute Gasteiger partial charge is 0.489 e. The molecule has 13 heteroatoms. The van der Waals surface area contributed by atoms with Crippen molar-refractivity contribution in [3.8, 4) is 5.75 Å². The molecular formula is C21H20ClF6N3O3. The Morgan fingerprint density at radius 2 is 1.59 bits per heavy atom. The average molecular weight is 512 g/mol. The van der Waals surface area contributed by atoms with Gasteiger partial charge in [0.25, 0.3) is 5.91 Å². The highest BCUT2D eigenvalue weighted by atomic mass is 35.5. The number of para-hydroxylation sites is 1. The first-order chi connectivity index (χ1) is 15.3. The van der Waals surface area contributed by atoms with E-state index >= 15 is 0 Å². The van der Waals surface area contributed by atoms with E-state index in [2.05, 4.69) is 16.0 Å². The molecule has 1 fully saturated rings. The van der Waals surface area contributed by atoms with E-state index in [4.69, 9.17) is 4.74 Å². The third-order valence-corrected chi connectivity index (χ3v) is 4.91. The van der Waals surface area contributed by atoms with E-state index in [0.717, 1.165) is 0 Å². The van der Waals surface area contributed by atoms with Gasteiger partial charge in [-0.2, -0.15) is 26.3 Å². The number of ether oxygens (including phenoxy) is 1. The molecule has 1 saturated heterocycles. The van der Waals surface area contributed by atoms with Crippen LogP contribution in [-0.4, -0.2) is 24.5 Å². The predicted molar refractivity (Wildman–Crippen MR) is 111 cm³/mol. The van der Waals surface area contributed by atoms with E-state index in [-0.39, 0.29) is 36.3 Å². The van der Waals surface area contributed by atoms with E-state index in [9.17, 15) is 35.9 Å². The molecule has 2 unspecified atom stereocenters. The Labute approximate surface area is 196 Å². The SMILES string of the molecule is CC(NCC1NC(=O)NC1=O)c1ccccc1OCc1cc(C(F)(F)F)cc(C(F)(F)F)c1.Cl. The summed E-state index contributed by atoms with van der Waals surface area (Å²) in [5, 5.41) is 7.56. The van der Waals surface area contributed by atoms with Crippen molar-refractivity contribution in [3.05, 3.63) is 64.7 Å². The van der Waals surface area contributed by atoms with Gasteiger partial charge in [-0.25, -0.2) is 4.79 Å². The number of rotatable bonds is 7. The number of carbonyl (C=O) groups excluding carboxylic acids is 2. The first-order valence-corrected chi connectivity index (χ1v) is 9.69. The molecule has 3 rings (SSSR count). The van der Waals surface area contributed by atoms with Gasteiger partial charge < -0.3 is 15.4 Å². The van der Waals surface area contributed by atoms with Gasteiger partial charge in [0.1, 0.15) is 18.4 Å². The molecule has 1 aliphatic heterocycles. The van der Waals surface area contributed by atoms with Crippen molar-refractivity contribution in [1.82, 2.24) is 16.0 Å². The van der Waals surface area contributed by atoms with Gasteiger partial charge >= 0.3 is 18.4 Å². The van der Waals surface area contributed by atoms with Crippen LogP contribution in [0.5, 0.6) is 5.75 Å². The predicted octanol–water partition coefficient (Wildman–Crippen LogP) is 4.58. The minimum atomic E-state index is -4.95. The third kappa shape index (κ3) is 6.76. The minimum absolute atomic E-state index is 0. The van der Waals surface area contributed by atoms with Crippen molar-refractivity contribution < 1.29 is 40.7 Å². The zero-order valence-corrected chi connectivity index (χ0v) is 18.3. The molecule has 2 aromatic carbocycles. The van der Waals surface area contributed by atoms with E-state index in [1.165, 1.54) is 6.07 Å². The molecule has 3 N–H and O–H groups in total. The number of carbonyl (C=O) groups is 2. The summed E-state index contributed by atoms with van der Waals surface area (Å²) in [7, 11) is 0. The summed E-state index contributed by atoms with van der Waals surface area (Å²) >= 11 is 0. The number of alkyl halides is 6. The Bertz CT molecular complexity index is 1010. The number of nitrogens with one attached hydrogen (secondary N) is 3. The molecule has 0 bridgehead atoms. The van der Waals surface area contributed by atoms with Crippen LogP contribution in [0.15, 0.2) is 42.5 Å². The van der Waals surface area contributed by atoms with Crippen LogP contribution in [0.25, 0.3) is 0 Å². The second-order valence-corrected chi connectivity index (χ2v) is 7.39. The van der Waals surface area contributed by atoms with Crippen molar-refractivity contribution in [3.63, 3.8) is 0 Å². The van der Waals surface area contributed by atoms with E-state index in [0.29, 0.717) is 17.7 Å². The van der Waals surface area contributed by atoms with Gasteiger partial charge in [-0.3, -0.25) is 10.1 Å². The summed E-state index contributed by atoms with van der Waals surface area (Å²) in [6.45, 7) is 1.29. The number of amides is 3. The fraction of sp³-hybridized carbons (Fsp3) is 0.333. The second kappa shape index (κ2) is 10.5. The van der Waals surface area contributed by atoms with Crippen molar-refractivity contribution in [2.45, 2.75) is 38.0 Å². The average Bonchev–Trinajstić information content (AvgIpc) is 3.06. The lowest BCUT2D eigenvalue weighted by Crippen LogP contribution is -2.40.